The molecule has 0 aliphatic carbocycles. The van der Waals surface area contributed by atoms with Gasteiger partial charge in [0.1, 0.15) is 17.2 Å². The number of amides is 1. The minimum Gasteiger partial charge on any atom is -0.507 e. The predicted octanol–water partition coefficient (Wildman–Crippen LogP) is 1.77. The number of methoxy groups -OCH3 is 1. The van der Waals surface area contributed by atoms with E-state index in [2.05, 4.69) is 35.8 Å². The number of ether oxygens (including phenoxy) is 1. The lowest BCUT2D eigenvalue weighted by atomic mass is 10.1. The molecule has 12 heteroatoms. The fourth-order valence-corrected chi connectivity index (χ4v) is 2.98. The highest BCUT2D eigenvalue weighted by molar-refractivity contribution is 6.03. The lowest BCUT2D eigenvalue weighted by molar-refractivity contribution is 0.0950. The molecule has 162 valence electrons. The Kier molecular flexibility index (Phi) is 5.49. The van der Waals surface area contributed by atoms with Gasteiger partial charge in [0.05, 0.1) is 12.8 Å². The number of aromatic nitrogens is 5. The summed E-state index contributed by atoms with van der Waals surface area (Å²) in [5.74, 6) is 0.00263. The molecule has 2 heterocycles. The van der Waals surface area contributed by atoms with Crippen molar-refractivity contribution in [1.82, 2.24) is 30.7 Å². The first-order valence-electron chi connectivity index (χ1n) is 9.31. The van der Waals surface area contributed by atoms with Crippen molar-refractivity contribution in [2.24, 2.45) is 5.10 Å². The van der Waals surface area contributed by atoms with Gasteiger partial charge in [-0.3, -0.25) is 4.79 Å². The summed E-state index contributed by atoms with van der Waals surface area (Å²) in [7, 11) is 1.53. The predicted molar refractivity (Wildman–Crippen MR) is 113 cm³/mol. The molecule has 0 unspecified atom stereocenters. The first-order valence-corrected chi connectivity index (χ1v) is 9.31. The smallest absolute Gasteiger partial charge is 0.294 e. The molecule has 0 aliphatic rings. The van der Waals surface area contributed by atoms with Crippen molar-refractivity contribution in [1.29, 1.82) is 0 Å². The van der Waals surface area contributed by atoms with E-state index in [1.54, 1.807) is 49.4 Å². The van der Waals surface area contributed by atoms with E-state index in [-0.39, 0.29) is 28.8 Å². The van der Waals surface area contributed by atoms with Crippen LogP contribution in [0.2, 0.25) is 0 Å². The quantitative estimate of drug-likeness (QED) is 0.303. The van der Waals surface area contributed by atoms with Crippen molar-refractivity contribution in [3.05, 3.63) is 59.8 Å². The van der Waals surface area contributed by atoms with Crippen LogP contribution in [-0.2, 0) is 0 Å². The number of nitrogens with one attached hydrogen (secondary N) is 1. The second-order valence-electron chi connectivity index (χ2n) is 6.56. The van der Waals surface area contributed by atoms with Gasteiger partial charge in [-0.15, -0.1) is 5.10 Å². The van der Waals surface area contributed by atoms with Crippen LogP contribution in [0.3, 0.4) is 0 Å². The molecule has 4 rings (SSSR count). The number of para-hydroxylation sites is 1. The number of anilines is 1. The number of phenolic OH excluding ortho intramolecular Hbond substituents is 1. The number of nitrogen functional groups attached to an aromatic ring is 1. The SMILES string of the molecule is COc1cccc(-c2c(C(=O)N/N=C(/C)c3ccccc3O)nnn2-c2nonc2N)c1. The van der Waals surface area contributed by atoms with Gasteiger partial charge in [-0.25, -0.2) is 10.1 Å². The van der Waals surface area contributed by atoms with Crippen LogP contribution in [0.25, 0.3) is 17.1 Å². The van der Waals surface area contributed by atoms with Crippen molar-refractivity contribution in [3.8, 4) is 28.6 Å². The zero-order valence-electron chi connectivity index (χ0n) is 17.1. The van der Waals surface area contributed by atoms with E-state index in [0.29, 0.717) is 22.6 Å². The number of rotatable bonds is 6. The minimum absolute atomic E-state index is 0.0283. The first kappa shape index (κ1) is 20.5. The van der Waals surface area contributed by atoms with E-state index in [0.717, 1.165) is 0 Å². The molecule has 0 aliphatic heterocycles. The fraction of sp³-hybridized carbons (Fsp3) is 0.100. The Balaban J connectivity index is 1.75. The van der Waals surface area contributed by atoms with Crippen molar-refractivity contribution >= 4 is 17.4 Å². The summed E-state index contributed by atoms with van der Waals surface area (Å²) in [6.07, 6.45) is 0. The molecule has 1 amide bonds. The Labute approximate surface area is 181 Å². The Morgan fingerprint density at radius 2 is 2.03 bits per heavy atom. The van der Waals surface area contributed by atoms with E-state index >= 15 is 0 Å². The summed E-state index contributed by atoms with van der Waals surface area (Å²) < 4.78 is 11.2. The summed E-state index contributed by atoms with van der Waals surface area (Å²) in [4.78, 5) is 13.0. The lowest BCUT2D eigenvalue weighted by Crippen LogP contribution is -2.21. The topological polar surface area (TPSA) is 167 Å². The van der Waals surface area contributed by atoms with Gasteiger partial charge in [-0.1, -0.05) is 29.5 Å². The second-order valence-corrected chi connectivity index (χ2v) is 6.56. The van der Waals surface area contributed by atoms with E-state index in [1.165, 1.54) is 17.9 Å². The first-order chi connectivity index (χ1) is 15.5. The Hall–Kier alpha value is -4.74. The molecule has 0 saturated carbocycles. The highest BCUT2D eigenvalue weighted by atomic mass is 16.6. The fourth-order valence-electron chi connectivity index (χ4n) is 2.98. The maximum Gasteiger partial charge on any atom is 0.294 e. The van der Waals surface area contributed by atoms with Gasteiger partial charge >= 0.3 is 0 Å². The van der Waals surface area contributed by atoms with Crippen molar-refractivity contribution in [3.63, 3.8) is 0 Å². The van der Waals surface area contributed by atoms with Crippen LogP contribution in [0.15, 0.2) is 58.3 Å². The van der Waals surface area contributed by atoms with Crippen molar-refractivity contribution in [2.45, 2.75) is 6.92 Å². The van der Waals surface area contributed by atoms with Gasteiger partial charge in [0, 0.05) is 11.1 Å². The monoisotopic (exact) mass is 434 g/mol. The van der Waals surface area contributed by atoms with E-state index in [1.807, 2.05) is 0 Å². The summed E-state index contributed by atoms with van der Waals surface area (Å²) >= 11 is 0. The molecule has 0 atom stereocenters. The maximum absolute atomic E-state index is 13.0. The van der Waals surface area contributed by atoms with E-state index < -0.39 is 5.91 Å². The van der Waals surface area contributed by atoms with Crippen LogP contribution in [0.5, 0.6) is 11.5 Å². The number of benzene rings is 2. The molecule has 4 aromatic rings. The molecule has 2 aromatic carbocycles. The molecule has 12 nitrogen and oxygen atoms in total. The second kappa shape index (κ2) is 8.55. The highest BCUT2D eigenvalue weighted by Gasteiger charge is 2.25. The normalized spacial score (nSPS) is 11.4. The number of nitrogens with zero attached hydrogens (tertiary/aromatic N) is 6. The zero-order chi connectivity index (χ0) is 22.7. The summed E-state index contributed by atoms with van der Waals surface area (Å²) in [6.45, 7) is 1.65. The summed E-state index contributed by atoms with van der Waals surface area (Å²) in [5.41, 5.74) is 9.91. The zero-order valence-corrected chi connectivity index (χ0v) is 17.1. The number of phenols is 1. The average Bonchev–Trinajstić information content (AvgIpc) is 3.43. The molecule has 2 aromatic heterocycles. The van der Waals surface area contributed by atoms with E-state index in [4.69, 9.17) is 10.5 Å². The Bertz CT molecular complexity index is 1310. The van der Waals surface area contributed by atoms with Crippen molar-refractivity contribution in [2.75, 3.05) is 12.8 Å². The molecular weight excluding hydrogens is 416 g/mol. The molecule has 0 saturated heterocycles. The van der Waals surface area contributed by atoms with Gasteiger partial charge in [-0.2, -0.15) is 9.78 Å². The summed E-state index contributed by atoms with van der Waals surface area (Å²) in [6, 6.07) is 13.6. The van der Waals surface area contributed by atoms with Gasteiger partial charge in [-0.05, 0) is 41.5 Å². The molecule has 0 bridgehead atoms. The third-order valence-electron chi connectivity index (χ3n) is 4.54. The molecule has 0 spiro atoms. The molecule has 32 heavy (non-hydrogen) atoms. The number of carbonyl (C=O) groups is 1. The average molecular weight is 434 g/mol. The Morgan fingerprint density at radius 1 is 1.22 bits per heavy atom. The highest BCUT2D eigenvalue weighted by Crippen LogP contribution is 2.29. The number of aromatic hydroxyl groups is 1. The third kappa shape index (κ3) is 3.84. The number of hydrogen-bond acceptors (Lipinski definition) is 10. The van der Waals surface area contributed by atoms with Crippen LogP contribution < -0.4 is 15.9 Å². The van der Waals surface area contributed by atoms with Gasteiger partial charge in [0.2, 0.25) is 11.6 Å². The number of carbonyl (C=O) groups excluding carboxylic acids is 1. The molecule has 0 fully saturated rings. The van der Waals surface area contributed by atoms with Crippen LogP contribution in [0.1, 0.15) is 23.0 Å². The van der Waals surface area contributed by atoms with Crippen LogP contribution in [-0.4, -0.2) is 49.1 Å². The standard InChI is InChI=1S/C20H18N8O4/c1-11(14-8-3-4-9-15(14)29)22-24-20(30)16-17(12-6-5-7-13(10-12)31-2)28(27-23-16)19-18(21)25-32-26-19/h3-10,29H,1-2H3,(H2,21,25)(H,24,30)/b22-11-. The largest absolute Gasteiger partial charge is 0.507 e. The summed E-state index contributed by atoms with van der Waals surface area (Å²) in [5, 5.41) is 29.3. The van der Waals surface area contributed by atoms with Gasteiger partial charge in [0.25, 0.3) is 5.91 Å². The number of hydrogen-bond donors (Lipinski definition) is 3. The van der Waals surface area contributed by atoms with Crippen molar-refractivity contribution < 1.29 is 19.3 Å². The third-order valence-corrected chi connectivity index (χ3v) is 4.54. The van der Waals surface area contributed by atoms with Crippen LogP contribution in [0, 0.1) is 0 Å². The molecule has 0 radical (unpaired) electrons. The number of nitrogens with two attached hydrogens (primary N) is 1. The van der Waals surface area contributed by atoms with Gasteiger partial charge in [0.15, 0.2) is 5.69 Å². The van der Waals surface area contributed by atoms with E-state index in [9.17, 15) is 9.90 Å². The molecular formula is C20H18N8O4. The molecule has 4 N–H and O–H groups in total. The number of hydrazone groups is 1. The maximum atomic E-state index is 13.0. The minimum atomic E-state index is -0.640. The van der Waals surface area contributed by atoms with Gasteiger partial charge < -0.3 is 15.6 Å². The lowest BCUT2D eigenvalue weighted by Gasteiger charge is -2.08. The van der Waals surface area contributed by atoms with Crippen LogP contribution >= 0.6 is 0 Å². The van der Waals surface area contributed by atoms with Crippen LogP contribution in [0.4, 0.5) is 5.82 Å². The Morgan fingerprint density at radius 3 is 2.75 bits per heavy atom.